The summed E-state index contributed by atoms with van der Waals surface area (Å²) in [5.41, 5.74) is 7.38. The Morgan fingerprint density at radius 3 is 2.79 bits per heavy atom. The first kappa shape index (κ1) is 12.9. The van der Waals surface area contributed by atoms with Crippen LogP contribution >= 0.6 is 11.3 Å². The second-order valence-electron chi connectivity index (χ2n) is 5.24. The average Bonchev–Trinajstić information content (AvgIpc) is 2.95. The summed E-state index contributed by atoms with van der Waals surface area (Å²) in [5.74, 6) is 1.96. The van der Waals surface area contributed by atoms with Crippen LogP contribution in [0.25, 0.3) is 0 Å². The molecule has 2 heterocycles. The average molecular weight is 276 g/mol. The molecule has 1 aliphatic rings. The van der Waals surface area contributed by atoms with E-state index in [1.165, 1.54) is 18.4 Å². The normalized spacial score (nSPS) is 17.0. The molecule has 0 radical (unpaired) electrons. The van der Waals surface area contributed by atoms with Crippen LogP contribution in [0.3, 0.4) is 0 Å². The molecule has 1 aliphatic carbocycles. The molecule has 0 amide bonds. The van der Waals surface area contributed by atoms with E-state index in [4.69, 9.17) is 10.2 Å². The molecular weight excluding hydrogens is 256 g/mol. The van der Waals surface area contributed by atoms with E-state index in [1.54, 1.807) is 11.3 Å². The van der Waals surface area contributed by atoms with Crippen LogP contribution in [0.5, 0.6) is 0 Å². The Bertz CT molecular complexity index is 516. The summed E-state index contributed by atoms with van der Waals surface area (Å²) in [4.78, 5) is 2.50. The highest BCUT2D eigenvalue weighted by Crippen LogP contribution is 2.36. The van der Waals surface area contributed by atoms with Crippen molar-refractivity contribution in [3.05, 3.63) is 46.0 Å². The van der Waals surface area contributed by atoms with Crippen molar-refractivity contribution in [2.24, 2.45) is 5.73 Å². The van der Waals surface area contributed by atoms with Gasteiger partial charge in [-0.2, -0.15) is 11.3 Å². The standard InChI is InChI=1S/C15H20N2OS/c1-11-2-5-15(18-11)14(8-16)17(13-3-4-13)9-12-6-7-19-10-12/h2,5-7,10,13-14H,3-4,8-9,16H2,1H3. The van der Waals surface area contributed by atoms with E-state index in [0.29, 0.717) is 12.6 Å². The van der Waals surface area contributed by atoms with Gasteiger partial charge in [0.25, 0.3) is 0 Å². The van der Waals surface area contributed by atoms with Gasteiger partial charge in [-0.15, -0.1) is 0 Å². The first-order chi connectivity index (χ1) is 9.28. The minimum atomic E-state index is 0.195. The molecule has 3 nitrogen and oxygen atoms in total. The molecule has 2 N–H and O–H groups in total. The third-order valence-electron chi connectivity index (χ3n) is 3.67. The van der Waals surface area contributed by atoms with Crippen molar-refractivity contribution in [2.45, 2.75) is 38.4 Å². The predicted molar refractivity (Wildman–Crippen MR) is 78.1 cm³/mol. The summed E-state index contributed by atoms with van der Waals surface area (Å²) in [6, 6.07) is 7.14. The first-order valence-electron chi connectivity index (χ1n) is 6.81. The number of hydrogen-bond donors (Lipinski definition) is 1. The van der Waals surface area contributed by atoms with Gasteiger partial charge in [-0.3, -0.25) is 4.90 Å². The summed E-state index contributed by atoms with van der Waals surface area (Å²) < 4.78 is 5.80. The zero-order valence-corrected chi connectivity index (χ0v) is 12.0. The lowest BCUT2D eigenvalue weighted by Gasteiger charge is -2.29. The van der Waals surface area contributed by atoms with Crippen LogP contribution in [0.15, 0.2) is 33.4 Å². The molecule has 0 saturated heterocycles. The van der Waals surface area contributed by atoms with Gasteiger partial charge < -0.3 is 10.2 Å². The smallest absolute Gasteiger partial charge is 0.122 e. The van der Waals surface area contributed by atoms with Crippen molar-refractivity contribution in [3.8, 4) is 0 Å². The third-order valence-corrected chi connectivity index (χ3v) is 4.41. The lowest BCUT2D eigenvalue weighted by molar-refractivity contribution is 0.160. The molecule has 2 aromatic heterocycles. The summed E-state index contributed by atoms with van der Waals surface area (Å²) >= 11 is 1.75. The Labute approximate surface area is 118 Å². The molecule has 4 heteroatoms. The van der Waals surface area contributed by atoms with Gasteiger partial charge in [0, 0.05) is 19.1 Å². The number of aryl methyl sites for hydroxylation is 1. The van der Waals surface area contributed by atoms with Crippen molar-refractivity contribution in [2.75, 3.05) is 6.54 Å². The second kappa shape index (κ2) is 5.49. The van der Waals surface area contributed by atoms with Crippen LogP contribution in [0.2, 0.25) is 0 Å². The minimum absolute atomic E-state index is 0.195. The van der Waals surface area contributed by atoms with Crippen molar-refractivity contribution < 1.29 is 4.42 Å². The van der Waals surface area contributed by atoms with Crippen LogP contribution in [0, 0.1) is 6.92 Å². The monoisotopic (exact) mass is 276 g/mol. The van der Waals surface area contributed by atoms with Crippen LogP contribution in [0.1, 0.15) is 36.0 Å². The number of thiophene rings is 1. The highest BCUT2D eigenvalue weighted by atomic mass is 32.1. The van der Waals surface area contributed by atoms with Crippen molar-refractivity contribution in [1.29, 1.82) is 0 Å². The lowest BCUT2D eigenvalue weighted by Crippen LogP contribution is -2.34. The molecule has 19 heavy (non-hydrogen) atoms. The van der Waals surface area contributed by atoms with Gasteiger partial charge >= 0.3 is 0 Å². The predicted octanol–water partition coefficient (Wildman–Crippen LogP) is 3.31. The van der Waals surface area contributed by atoms with Crippen molar-refractivity contribution >= 4 is 11.3 Å². The molecule has 1 fully saturated rings. The van der Waals surface area contributed by atoms with E-state index >= 15 is 0 Å². The summed E-state index contributed by atoms with van der Waals surface area (Å²) in [5, 5.41) is 4.35. The first-order valence-corrected chi connectivity index (χ1v) is 7.75. The molecule has 0 bridgehead atoms. The summed E-state index contributed by atoms with van der Waals surface area (Å²) in [6.45, 7) is 3.56. The zero-order chi connectivity index (χ0) is 13.2. The van der Waals surface area contributed by atoms with E-state index in [1.807, 2.05) is 13.0 Å². The molecular formula is C15H20N2OS. The SMILES string of the molecule is Cc1ccc(C(CN)N(Cc2ccsc2)C2CC2)o1. The number of nitrogens with two attached hydrogens (primary N) is 1. The van der Waals surface area contributed by atoms with Crippen LogP contribution in [-0.2, 0) is 6.54 Å². The molecule has 0 spiro atoms. The number of nitrogens with zero attached hydrogens (tertiary/aromatic N) is 1. The third kappa shape index (κ3) is 2.91. The summed E-state index contributed by atoms with van der Waals surface area (Å²) in [7, 11) is 0. The van der Waals surface area contributed by atoms with Gasteiger partial charge in [0.15, 0.2) is 0 Å². The fourth-order valence-corrected chi connectivity index (χ4v) is 3.20. The van der Waals surface area contributed by atoms with Crippen LogP contribution in [-0.4, -0.2) is 17.5 Å². The molecule has 1 atom stereocenters. The van der Waals surface area contributed by atoms with E-state index in [0.717, 1.165) is 18.1 Å². The molecule has 0 aromatic carbocycles. The molecule has 1 unspecified atom stereocenters. The topological polar surface area (TPSA) is 42.4 Å². The van der Waals surface area contributed by atoms with E-state index in [-0.39, 0.29) is 6.04 Å². The van der Waals surface area contributed by atoms with E-state index < -0.39 is 0 Å². The van der Waals surface area contributed by atoms with E-state index in [9.17, 15) is 0 Å². The van der Waals surface area contributed by atoms with Gasteiger partial charge in [-0.1, -0.05) is 0 Å². The fourth-order valence-electron chi connectivity index (χ4n) is 2.54. The number of rotatable bonds is 6. The molecule has 0 aliphatic heterocycles. The highest BCUT2D eigenvalue weighted by molar-refractivity contribution is 7.07. The Balaban J connectivity index is 1.81. The molecule has 1 saturated carbocycles. The van der Waals surface area contributed by atoms with Gasteiger partial charge in [-0.05, 0) is 54.3 Å². The molecule has 2 aromatic rings. The van der Waals surface area contributed by atoms with Crippen molar-refractivity contribution in [3.63, 3.8) is 0 Å². The van der Waals surface area contributed by atoms with Crippen LogP contribution < -0.4 is 5.73 Å². The van der Waals surface area contributed by atoms with Gasteiger partial charge in [0.05, 0.1) is 6.04 Å². The maximum Gasteiger partial charge on any atom is 0.122 e. The van der Waals surface area contributed by atoms with E-state index in [2.05, 4.69) is 27.8 Å². The Morgan fingerprint density at radius 2 is 2.26 bits per heavy atom. The second-order valence-corrected chi connectivity index (χ2v) is 6.02. The fraction of sp³-hybridized carbons (Fsp3) is 0.467. The number of hydrogen-bond acceptors (Lipinski definition) is 4. The highest BCUT2D eigenvalue weighted by Gasteiger charge is 2.35. The largest absolute Gasteiger partial charge is 0.465 e. The lowest BCUT2D eigenvalue weighted by atomic mass is 10.1. The minimum Gasteiger partial charge on any atom is -0.465 e. The maximum absolute atomic E-state index is 6.01. The number of furan rings is 1. The molecule has 3 rings (SSSR count). The van der Waals surface area contributed by atoms with Crippen LogP contribution in [0.4, 0.5) is 0 Å². The zero-order valence-electron chi connectivity index (χ0n) is 11.2. The molecule has 102 valence electrons. The van der Waals surface area contributed by atoms with Gasteiger partial charge in [0.2, 0.25) is 0 Å². The quantitative estimate of drug-likeness (QED) is 0.880. The Hall–Kier alpha value is -1.10. The summed E-state index contributed by atoms with van der Waals surface area (Å²) in [6.07, 6.45) is 2.56. The Kier molecular flexibility index (Phi) is 3.73. The maximum atomic E-state index is 6.01. The van der Waals surface area contributed by atoms with Gasteiger partial charge in [0.1, 0.15) is 11.5 Å². The van der Waals surface area contributed by atoms with Crippen molar-refractivity contribution in [1.82, 2.24) is 4.90 Å². The Morgan fingerprint density at radius 1 is 1.42 bits per heavy atom. The van der Waals surface area contributed by atoms with Gasteiger partial charge in [-0.25, -0.2) is 0 Å².